The lowest BCUT2D eigenvalue weighted by molar-refractivity contribution is 0.126. The Bertz CT molecular complexity index is 4490. The van der Waals surface area contributed by atoms with Crippen LogP contribution < -0.4 is 16.0 Å². The molecule has 0 amide bonds. The molecule has 22 nitrogen and oxygen atoms in total. The highest BCUT2D eigenvalue weighted by atomic mass is 32.1. The highest BCUT2D eigenvalue weighted by Crippen LogP contribution is 2.41. The number of benzene rings is 3. The van der Waals surface area contributed by atoms with Gasteiger partial charge in [-0.3, -0.25) is 15.3 Å². The Balaban J connectivity index is 0.000000125. The number of H-pyrrole nitrogens is 3. The van der Waals surface area contributed by atoms with Crippen molar-refractivity contribution in [2.24, 2.45) is 0 Å². The summed E-state index contributed by atoms with van der Waals surface area (Å²) in [4.78, 5) is 0. The predicted molar refractivity (Wildman–Crippen MR) is 339 cm³/mol. The number of thiophene rings is 1. The van der Waals surface area contributed by atoms with E-state index in [4.69, 9.17) is 0 Å². The topological polar surface area (TPSA) is 281 Å². The van der Waals surface area contributed by atoms with Gasteiger partial charge in [0.2, 0.25) is 11.3 Å². The number of phenolic OH excluding ortho intramolecular Hbond substituents is 1. The molecule has 9 aromatic heterocycles. The number of aromatic nitrogens is 18. The highest BCUT2D eigenvalue weighted by Gasteiger charge is 2.41. The van der Waals surface area contributed by atoms with E-state index in [-0.39, 0.29) is 73.6 Å². The van der Waals surface area contributed by atoms with Crippen molar-refractivity contribution in [1.82, 2.24) is 107 Å². The number of hydrogen-bond donors (Lipinski definition) is 7. The van der Waals surface area contributed by atoms with Crippen molar-refractivity contribution < 1.29 is 22.7 Å². The molecule has 91 heavy (non-hydrogen) atoms. The zero-order chi connectivity index (χ0) is 63.6. The Morgan fingerprint density at radius 2 is 1.00 bits per heavy atom. The van der Waals surface area contributed by atoms with Crippen molar-refractivity contribution >= 4 is 49.5 Å². The molecule has 3 aliphatic rings. The zero-order valence-corrected chi connectivity index (χ0v) is 51.9. The first-order chi connectivity index (χ1) is 43.5. The quantitative estimate of drug-likeness (QED) is 0.0661. The summed E-state index contributed by atoms with van der Waals surface area (Å²) < 4.78 is 63.8. The fourth-order valence-corrected chi connectivity index (χ4v) is 14.2. The summed E-state index contributed by atoms with van der Waals surface area (Å²) in [5, 5.41) is 85.8. The summed E-state index contributed by atoms with van der Waals surface area (Å²) in [6.45, 7) is 19.2. The van der Waals surface area contributed by atoms with Crippen LogP contribution in [-0.4, -0.2) is 132 Å². The molecule has 12 aromatic rings. The van der Waals surface area contributed by atoms with E-state index in [1.54, 1.807) is 51.3 Å². The molecule has 0 bridgehead atoms. The lowest BCUT2D eigenvalue weighted by Crippen LogP contribution is -2.58. The van der Waals surface area contributed by atoms with Gasteiger partial charge >= 0.3 is 0 Å². The molecule has 0 spiro atoms. The lowest BCUT2D eigenvalue weighted by atomic mass is 9.79. The van der Waals surface area contributed by atoms with Crippen LogP contribution in [-0.2, 0) is 0 Å². The van der Waals surface area contributed by atoms with Crippen LogP contribution >= 0.6 is 11.3 Å². The van der Waals surface area contributed by atoms with Crippen LogP contribution in [0.5, 0.6) is 5.75 Å². The van der Waals surface area contributed by atoms with Gasteiger partial charge in [0.05, 0.1) is 52.5 Å². The van der Waals surface area contributed by atoms with Crippen LogP contribution in [0.15, 0.2) is 109 Å². The fraction of sp³-hybridized carbons (Fsp3) is 0.328. The minimum atomic E-state index is -0.994. The first-order valence-electron chi connectivity index (χ1n) is 29.7. The Hall–Kier alpha value is -9.57. The van der Waals surface area contributed by atoms with Gasteiger partial charge in [-0.25, -0.2) is 26.9 Å². The molecule has 12 heterocycles. The van der Waals surface area contributed by atoms with Crippen molar-refractivity contribution in [3.63, 3.8) is 0 Å². The minimum Gasteiger partial charge on any atom is -0.507 e. The summed E-state index contributed by atoms with van der Waals surface area (Å²) >= 11 is 1.67. The lowest BCUT2D eigenvalue weighted by Gasteiger charge is -2.46. The largest absolute Gasteiger partial charge is 0.507 e. The molecule has 2 saturated heterocycles. The minimum absolute atomic E-state index is 0.0165. The third-order valence-corrected chi connectivity index (χ3v) is 17.5. The first-order valence-corrected chi connectivity index (χ1v) is 30.6. The van der Waals surface area contributed by atoms with E-state index in [1.165, 1.54) is 48.1 Å². The Morgan fingerprint density at radius 1 is 0.505 bits per heavy atom. The molecule has 0 atom stereocenters. The normalized spacial score (nSPS) is 17.2. The molecule has 15 rings (SSSR count). The SMILES string of the molecule is CC1(C)CC(n2nnc3cc(-c4cc(F)c(-c5cn[nH]c5)cc4F)nnc32)CC(C)(C)N1.CC1(C)CC(n2nnc3cc(-c4ccc(-c5cn[nH]c5)c(F)c4F)nnc32)CC(C)(C)N1.Oc1cc(-c2cn[nH]c2)ccc1-c1cc2scc(C3=CCNCC3)c2nn1. The molecule has 466 valence electrons. The van der Waals surface area contributed by atoms with Gasteiger partial charge in [-0.15, -0.1) is 52.1 Å². The third kappa shape index (κ3) is 12.4. The van der Waals surface area contributed by atoms with Gasteiger partial charge in [-0.05, 0) is 154 Å². The van der Waals surface area contributed by atoms with Gasteiger partial charge in [-0.2, -0.15) is 15.3 Å². The number of aromatic hydroxyl groups is 1. The standard InChI is InChI=1S/2C22H24F2N8.C20H17N5OS/c1-21(2)8-13(9-22(3,4)30-21)32-20-19(28-31-32)7-18(27-29-20)15-6-16(23)14(5-17(15)24)12-10-25-26-11-12;1-21(2)8-13(9-22(3,4)30-21)32-20-17(28-31-32)7-16(27-29-20)15-6-5-14(18(23)19(15)24)12-10-25-26-11-12;26-18-7-13(14-9-22-23-10-14)1-2-15(18)17-8-19-20(25-24-17)16(11-27-19)12-3-5-21-6-4-12/h2*5-7,10-11,13,30H,8-9H2,1-4H3,(H,25,26);1-3,7-11,21,26H,4-6H2,(H,22,23). The van der Waals surface area contributed by atoms with Gasteiger partial charge in [-0.1, -0.05) is 28.6 Å². The van der Waals surface area contributed by atoms with E-state index < -0.39 is 23.3 Å². The number of nitrogens with one attached hydrogen (secondary N) is 6. The Morgan fingerprint density at radius 3 is 1.55 bits per heavy atom. The van der Waals surface area contributed by atoms with Gasteiger partial charge in [0.25, 0.3) is 0 Å². The van der Waals surface area contributed by atoms with Crippen LogP contribution in [0.25, 0.3) is 105 Å². The Kier molecular flexibility index (Phi) is 15.7. The van der Waals surface area contributed by atoms with Crippen LogP contribution in [0, 0.1) is 23.3 Å². The molecule has 2 fully saturated rings. The number of phenols is 1. The molecule has 0 saturated carbocycles. The van der Waals surface area contributed by atoms with E-state index in [0.717, 1.165) is 78.7 Å². The van der Waals surface area contributed by atoms with Gasteiger partial charge in [0.1, 0.15) is 33.9 Å². The van der Waals surface area contributed by atoms with Gasteiger partial charge < -0.3 is 21.1 Å². The van der Waals surface area contributed by atoms with E-state index >= 15 is 0 Å². The van der Waals surface area contributed by atoms with Crippen LogP contribution in [0.1, 0.15) is 105 Å². The van der Waals surface area contributed by atoms with E-state index in [9.17, 15) is 22.7 Å². The maximum absolute atomic E-state index is 14.9. The van der Waals surface area contributed by atoms with Gasteiger partial charge in [0, 0.05) is 103 Å². The van der Waals surface area contributed by atoms with E-state index in [0.29, 0.717) is 44.7 Å². The first kappa shape index (κ1) is 60.3. The number of piperidine rings is 2. The number of nitrogens with zero attached hydrogens (tertiary/aromatic N) is 15. The summed E-state index contributed by atoms with van der Waals surface area (Å²) in [7, 11) is 0. The second-order valence-electron chi connectivity index (χ2n) is 25.9. The molecule has 0 aliphatic carbocycles. The van der Waals surface area contributed by atoms with Crippen molar-refractivity contribution in [2.45, 2.75) is 122 Å². The van der Waals surface area contributed by atoms with Crippen molar-refractivity contribution in [3.8, 4) is 72.9 Å². The van der Waals surface area contributed by atoms with Crippen molar-refractivity contribution in [2.75, 3.05) is 13.1 Å². The smallest absolute Gasteiger partial charge is 0.201 e. The van der Waals surface area contributed by atoms with Crippen LogP contribution in [0.3, 0.4) is 0 Å². The second-order valence-corrected chi connectivity index (χ2v) is 26.8. The molecule has 7 N–H and O–H groups in total. The van der Waals surface area contributed by atoms with E-state index in [2.05, 4.69) is 165 Å². The maximum Gasteiger partial charge on any atom is 0.201 e. The number of hydrogen-bond acceptors (Lipinski definition) is 18. The average Bonchev–Trinajstić information content (AvgIpc) is 1.79. The van der Waals surface area contributed by atoms with E-state index in [1.807, 2.05) is 18.2 Å². The zero-order valence-electron chi connectivity index (χ0n) is 51.1. The third-order valence-electron chi connectivity index (χ3n) is 16.6. The number of fused-ring (bicyclic) bond motifs is 3. The molecule has 3 aromatic carbocycles. The fourth-order valence-electron chi connectivity index (χ4n) is 13.3. The van der Waals surface area contributed by atoms with Crippen LogP contribution in [0.4, 0.5) is 17.6 Å². The average molecular weight is 1250 g/mol. The summed E-state index contributed by atoms with van der Waals surface area (Å²) in [6.07, 6.45) is 16.0. The summed E-state index contributed by atoms with van der Waals surface area (Å²) in [5.41, 5.74) is 9.96. The maximum atomic E-state index is 14.9. The molecular weight excluding hydrogens is 1190 g/mol. The molecule has 0 radical (unpaired) electrons. The summed E-state index contributed by atoms with van der Waals surface area (Å²) in [5.74, 6) is -2.96. The monoisotopic (exact) mass is 1250 g/mol. The molecule has 27 heteroatoms. The highest BCUT2D eigenvalue weighted by molar-refractivity contribution is 7.17. The number of halogens is 4. The molecule has 3 aliphatic heterocycles. The van der Waals surface area contributed by atoms with Crippen molar-refractivity contribution in [1.29, 1.82) is 0 Å². The Labute approximate surface area is 522 Å². The number of aromatic amines is 3. The second kappa shape index (κ2) is 23.7. The molecule has 0 unspecified atom stereocenters. The predicted octanol–water partition coefficient (Wildman–Crippen LogP) is 11.9. The summed E-state index contributed by atoms with van der Waals surface area (Å²) in [6, 6.07) is 16.2. The van der Waals surface area contributed by atoms with Gasteiger partial charge in [0.15, 0.2) is 11.6 Å². The molecular formula is C64H65F4N21OS. The number of rotatable bonds is 9. The van der Waals surface area contributed by atoms with Crippen molar-refractivity contribution in [3.05, 3.63) is 138 Å². The van der Waals surface area contributed by atoms with Crippen LogP contribution in [0.2, 0.25) is 0 Å².